The molecule has 1 atom stereocenters. The Bertz CT molecular complexity index is 385. The van der Waals surface area contributed by atoms with Crippen LogP contribution in [0.3, 0.4) is 0 Å². The molecule has 1 unspecified atom stereocenters. The van der Waals surface area contributed by atoms with E-state index in [9.17, 15) is 14.7 Å². The number of carboxylic acid groups (broad SMARTS) is 1. The number of aliphatic hydroxyl groups is 1. The van der Waals surface area contributed by atoms with E-state index in [1.807, 2.05) is 0 Å². The lowest BCUT2D eigenvalue weighted by atomic mass is 10.0. The van der Waals surface area contributed by atoms with E-state index in [-0.39, 0.29) is 11.3 Å². The van der Waals surface area contributed by atoms with Gasteiger partial charge in [0.05, 0.1) is 0 Å². The van der Waals surface area contributed by atoms with Gasteiger partial charge in [0.15, 0.2) is 11.9 Å². The van der Waals surface area contributed by atoms with Crippen LogP contribution in [-0.4, -0.2) is 27.3 Å². The van der Waals surface area contributed by atoms with Crippen molar-refractivity contribution in [2.75, 3.05) is 5.33 Å². The van der Waals surface area contributed by atoms with Crippen LogP contribution in [0.25, 0.3) is 0 Å². The lowest BCUT2D eigenvalue weighted by molar-refractivity contribution is -0.146. The third-order valence-electron chi connectivity index (χ3n) is 2.10. The average molecular weight is 287 g/mol. The Balaban J connectivity index is 2.83. The van der Waals surface area contributed by atoms with Gasteiger partial charge in [-0.1, -0.05) is 40.2 Å². The van der Waals surface area contributed by atoms with Gasteiger partial charge in [-0.15, -0.1) is 0 Å². The van der Waals surface area contributed by atoms with Crippen molar-refractivity contribution in [1.29, 1.82) is 0 Å². The molecule has 4 nitrogen and oxygen atoms in total. The van der Waals surface area contributed by atoms with Crippen LogP contribution >= 0.6 is 15.9 Å². The summed E-state index contributed by atoms with van der Waals surface area (Å²) in [5, 5.41) is 18.4. The lowest BCUT2D eigenvalue weighted by Gasteiger charge is -2.06. The molecule has 5 heteroatoms. The van der Waals surface area contributed by atoms with Crippen LogP contribution in [0.1, 0.15) is 28.4 Å². The highest BCUT2D eigenvalue weighted by molar-refractivity contribution is 9.09. The van der Waals surface area contributed by atoms with Gasteiger partial charge in [0, 0.05) is 17.3 Å². The molecule has 0 amide bonds. The van der Waals surface area contributed by atoms with E-state index in [1.54, 1.807) is 0 Å². The topological polar surface area (TPSA) is 74.6 Å². The minimum Gasteiger partial charge on any atom is -0.479 e. The van der Waals surface area contributed by atoms with E-state index in [2.05, 4.69) is 15.9 Å². The minimum atomic E-state index is -1.54. The Labute approximate surface area is 101 Å². The molecule has 86 valence electrons. The van der Waals surface area contributed by atoms with Crippen LogP contribution in [0.4, 0.5) is 0 Å². The first kappa shape index (κ1) is 12.9. The number of hydrogen-bond acceptors (Lipinski definition) is 3. The van der Waals surface area contributed by atoms with E-state index in [0.717, 1.165) is 0 Å². The molecule has 0 spiro atoms. The quantitative estimate of drug-likeness (QED) is 0.639. The second-order valence-corrected chi connectivity index (χ2v) is 4.02. The Morgan fingerprint density at radius 2 is 1.81 bits per heavy atom. The summed E-state index contributed by atoms with van der Waals surface area (Å²) in [6.07, 6.45) is -1.15. The van der Waals surface area contributed by atoms with Gasteiger partial charge < -0.3 is 10.2 Å². The number of Topliss-reactive ketones (excluding diaryl/α,β-unsaturated/α-hetero) is 1. The van der Waals surface area contributed by atoms with E-state index in [4.69, 9.17) is 5.11 Å². The summed E-state index contributed by atoms with van der Waals surface area (Å²) in [4.78, 5) is 21.9. The van der Waals surface area contributed by atoms with Crippen molar-refractivity contribution >= 4 is 27.7 Å². The van der Waals surface area contributed by atoms with Crippen LogP contribution in [0.5, 0.6) is 0 Å². The Morgan fingerprint density at radius 1 is 1.25 bits per heavy atom. The molecule has 1 rings (SSSR count). The number of halogens is 1. The smallest absolute Gasteiger partial charge is 0.337 e. The molecule has 0 aliphatic carbocycles. The predicted molar refractivity (Wildman–Crippen MR) is 61.8 cm³/mol. The predicted octanol–water partition coefficient (Wildman–Crippen LogP) is 1.77. The third kappa shape index (κ3) is 3.15. The van der Waals surface area contributed by atoms with Gasteiger partial charge in [0.25, 0.3) is 0 Å². The molecule has 0 bridgehead atoms. The Kier molecular flexibility index (Phi) is 4.64. The molecule has 0 aliphatic heterocycles. The van der Waals surface area contributed by atoms with Crippen molar-refractivity contribution in [3.05, 3.63) is 35.4 Å². The van der Waals surface area contributed by atoms with Crippen LogP contribution in [0.2, 0.25) is 0 Å². The van der Waals surface area contributed by atoms with Crippen molar-refractivity contribution in [3.63, 3.8) is 0 Å². The van der Waals surface area contributed by atoms with E-state index in [0.29, 0.717) is 17.3 Å². The molecule has 0 radical (unpaired) electrons. The fourth-order valence-corrected chi connectivity index (χ4v) is 1.58. The molecular weight excluding hydrogens is 276 g/mol. The number of ketones is 1. The largest absolute Gasteiger partial charge is 0.479 e. The second kappa shape index (κ2) is 5.77. The zero-order chi connectivity index (χ0) is 12.1. The fraction of sp³-hybridized carbons (Fsp3) is 0.273. The molecule has 0 aliphatic rings. The molecule has 1 aromatic carbocycles. The van der Waals surface area contributed by atoms with Crippen LogP contribution < -0.4 is 0 Å². The highest BCUT2D eigenvalue weighted by Gasteiger charge is 2.15. The summed E-state index contributed by atoms with van der Waals surface area (Å²) in [6, 6.07) is 5.93. The zero-order valence-electron chi connectivity index (χ0n) is 8.39. The summed E-state index contributed by atoms with van der Waals surface area (Å²) in [6.45, 7) is 0. The van der Waals surface area contributed by atoms with Gasteiger partial charge in [-0.25, -0.2) is 4.79 Å². The number of carbonyl (C=O) groups excluding carboxylic acids is 1. The highest BCUT2D eigenvalue weighted by Crippen LogP contribution is 2.15. The van der Waals surface area contributed by atoms with E-state index < -0.39 is 12.1 Å². The average Bonchev–Trinajstić information content (AvgIpc) is 2.28. The zero-order valence-corrected chi connectivity index (χ0v) is 9.98. The van der Waals surface area contributed by atoms with Crippen molar-refractivity contribution < 1.29 is 19.8 Å². The maximum absolute atomic E-state index is 11.5. The first-order valence-corrected chi connectivity index (χ1v) is 5.78. The maximum atomic E-state index is 11.5. The summed E-state index contributed by atoms with van der Waals surface area (Å²) in [5.74, 6) is -1.33. The van der Waals surface area contributed by atoms with Gasteiger partial charge in [-0.05, 0) is 5.56 Å². The van der Waals surface area contributed by atoms with Crippen molar-refractivity contribution in [1.82, 2.24) is 0 Å². The first-order valence-electron chi connectivity index (χ1n) is 4.66. The SMILES string of the molecule is O=C(CCBr)c1ccc(C(O)C(=O)O)cc1. The molecule has 0 saturated carbocycles. The second-order valence-electron chi connectivity index (χ2n) is 3.22. The number of benzene rings is 1. The normalized spacial score (nSPS) is 12.1. The number of rotatable bonds is 5. The third-order valence-corrected chi connectivity index (χ3v) is 2.50. The lowest BCUT2D eigenvalue weighted by Crippen LogP contribution is -2.10. The Hall–Kier alpha value is -1.20. The van der Waals surface area contributed by atoms with Crippen LogP contribution in [0.15, 0.2) is 24.3 Å². The van der Waals surface area contributed by atoms with Crippen molar-refractivity contribution in [3.8, 4) is 0 Å². The van der Waals surface area contributed by atoms with Gasteiger partial charge >= 0.3 is 5.97 Å². The van der Waals surface area contributed by atoms with Gasteiger partial charge in [-0.2, -0.15) is 0 Å². The molecule has 0 aromatic heterocycles. The van der Waals surface area contributed by atoms with Gasteiger partial charge in [-0.3, -0.25) is 4.79 Å². The molecule has 0 fully saturated rings. The molecule has 0 heterocycles. The van der Waals surface area contributed by atoms with Crippen molar-refractivity contribution in [2.45, 2.75) is 12.5 Å². The first-order chi connectivity index (χ1) is 7.56. The summed E-state index contributed by atoms with van der Waals surface area (Å²) in [5.41, 5.74) is 0.781. The summed E-state index contributed by atoms with van der Waals surface area (Å²) >= 11 is 3.17. The number of hydrogen-bond donors (Lipinski definition) is 2. The number of aliphatic carboxylic acids is 1. The van der Waals surface area contributed by atoms with Crippen molar-refractivity contribution in [2.24, 2.45) is 0 Å². The van der Waals surface area contributed by atoms with E-state index >= 15 is 0 Å². The number of carbonyl (C=O) groups is 2. The number of carboxylic acids is 1. The summed E-state index contributed by atoms with van der Waals surface area (Å²) < 4.78 is 0. The Morgan fingerprint density at radius 3 is 2.25 bits per heavy atom. The van der Waals surface area contributed by atoms with Crippen LogP contribution in [-0.2, 0) is 4.79 Å². The van der Waals surface area contributed by atoms with Gasteiger partial charge in [0.1, 0.15) is 0 Å². The standard InChI is InChI=1S/C11H11BrO4/c12-6-5-9(13)7-1-3-8(4-2-7)10(14)11(15)16/h1-4,10,14H,5-6H2,(H,15,16). The fourth-order valence-electron chi connectivity index (χ4n) is 1.22. The van der Waals surface area contributed by atoms with Gasteiger partial charge in [0.2, 0.25) is 0 Å². The minimum absolute atomic E-state index is 0.0201. The van der Waals surface area contributed by atoms with Crippen LogP contribution in [0, 0.1) is 0 Å². The maximum Gasteiger partial charge on any atom is 0.337 e. The molecule has 0 saturated heterocycles. The summed E-state index contributed by atoms with van der Waals surface area (Å²) in [7, 11) is 0. The van der Waals surface area contributed by atoms with E-state index in [1.165, 1.54) is 24.3 Å². The highest BCUT2D eigenvalue weighted by atomic mass is 79.9. The molecule has 16 heavy (non-hydrogen) atoms. The molecule has 2 N–H and O–H groups in total. The number of aliphatic hydroxyl groups excluding tert-OH is 1. The molecule has 1 aromatic rings. The number of alkyl halides is 1. The molecular formula is C11H11BrO4. The monoisotopic (exact) mass is 286 g/mol.